The molecule has 0 radical (unpaired) electrons. The molecule has 6 aliphatic carbocycles. The predicted molar refractivity (Wildman–Crippen MR) is 166 cm³/mol. The van der Waals surface area contributed by atoms with Crippen LogP contribution in [0.25, 0.3) is 0 Å². The van der Waals surface area contributed by atoms with Crippen LogP contribution in [0.1, 0.15) is 113 Å². The fourth-order valence-electron chi connectivity index (χ4n) is 8.08. The molecule has 0 bridgehead atoms. The van der Waals surface area contributed by atoms with Crippen LogP contribution >= 0.6 is 0 Å². The molecule has 6 aliphatic rings. The molecule has 0 saturated heterocycles. The maximum atomic E-state index is 11.7. The lowest BCUT2D eigenvalue weighted by molar-refractivity contribution is -0.386. The second kappa shape index (κ2) is 11.4. The molecule has 9 rings (SSSR count). The summed E-state index contributed by atoms with van der Waals surface area (Å²) in [5.41, 5.74) is 11.7. The van der Waals surface area contributed by atoms with E-state index in [0.29, 0.717) is 54.6 Å². The van der Waals surface area contributed by atoms with Gasteiger partial charge in [-0.1, -0.05) is 6.07 Å². The van der Waals surface area contributed by atoms with E-state index >= 15 is 0 Å². The van der Waals surface area contributed by atoms with Gasteiger partial charge in [0, 0.05) is 47.1 Å². The van der Waals surface area contributed by atoms with Crippen molar-refractivity contribution in [3.63, 3.8) is 0 Å². The van der Waals surface area contributed by atoms with Gasteiger partial charge in [0.2, 0.25) is 0 Å². The molecule has 0 fully saturated rings. The zero-order chi connectivity index (χ0) is 31.4. The highest BCUT2D eigenvalue weighted by molar-refractivity contribution is 6.05. The highest BCUT2D eigenvalue weighted by Gasteiger charge is 2.38. The fourth-order valence-corrected chi connectivity index (χ4v) is 8.08. The standard InChI is InChI=1S/C12H10NO3.C12H11NO3.C12H12O/c14-10-5-4-8-6-7-2-1-3-9(7)12(11(8)10)13(15)16;14-11-5-4-9-10(11)6-7-2-1-3-8(7)12(9)13(15)16;13-12-5-4-10-6-8-2-1-3-9(8)7-11(10)12/h1,6H,2-5H2;6H,1-5H2;6-7H,1-5H2/q+1;;. The quantitative estimate of drug-likeness (QED) is 0.184. The summed E-state index contributed by atoms with van der Waals surface area (Å²) < 4.78 is 0. The fraction of sp³-hybridized carbons (Fsp3) is 0.389. The number of nitrogens with zero attached hydrogens (tertiary/aromatic N) is 2. The van der Waals surface area contributed by atoms with E-state index in [4.69, 9.17) is 0 Å². The number of ketones is 3. The zero-order valence-electron chi connectivity index (χ0n) is 25.0. The SMILES string of the molecule is O=C1CCc2c1cc1c(c2[N+](=O)[O-])CCC1.O=C1CCc2cc3c(c([N+](=O)[O-])c21)C[CH+]C3.O=C1CCc2cc3c(cc21)CCC3. The number of rotatable bonds is 2. The van der Waals surface area contributed by atoms with E-state index in [-0.39, 0.29) is 32.8 Å². The summed E-state index contributed by atoms with van der Waals surface area (Å²) in [4.78, 5) is 56.3. The van der Waals surface area contributed by atoms with E-state index in [9.17, 15) is 34.6 Å². The summed E-state index contributed by atoms with van der Waals surface area (Å²) >= 11 is 0. The molecule has 3 aromatic rings. The maximum absolute atomic E-state index is 11.7. The number of hydrogen-bond acceptors (Lipinski definition) is 7. The molecule has 45 heavy (non-hydrogen) atoms. The van der Waals surface area contributed by atoms with Gasteiger partial charge >= 0.3 is 0 Å². The van der Waals surface area contributed by atoms with E-state index < -0.39 is 0 Å². The molecule has 0 atom stereocenters. The third-order valence-electron chi connectivity index (χ3n) is 10.2. The van der Waals surface area contributed by atoms with Crippen molar-refractivity contribution < 1.29 is 24.2 Å². The predicted octanol–water partition coefficient (Wildman–Crippen LogP) is 6.54. The van der Waals surface area contributed by atoms with Crippen LogP contribution in [-0.2, 0) is 57.8 Å². The molecule has 9 nitrogen and oxygen atoms in total. The lowest BCUT2D eigenvalue weighted by atomic mass is 9.99. The monoisotopic (exact) mass is 605 g/mol. The number of fused-ring (bicyclic) bond motifs is 6. The summed E-state index contributed by atoms with van der Waals surface area (Å²) in [6.07, 6.45) is 13.5. The molecule has 0 aromatic heterocycles. The molecule has 0 amide bonds. The number of carbonyl (C=O) groups is 3. The molecule has 0 N–H and O–H groups in total. The van der Waals surface area contributed by atoms with Crippen molar-refractivity contribution in [3.8, 4) is 0 Å². The van der Waals surface area contributed by atoms with Crippen LogP contribution in [0, 0.1) is 26.6 Å². The van der Waals surface area contributed by atoms with Gasteiger partial charge in [0.05, 0.1) is 27.4 Å². The Morgan fingerprint density at radius 2 is 1.09 bits per heavy atom. The first-order chi connectivity index (χ1) is 21.7. The van der Waals surface area contributed by atoms with Crippen molar-refractivity contribution in [1.29, 1.82) is 0 Å². The van der Waals surface area contributed by atoms with Crippen molar-refractivity contribution in [2.45, 2.75) is 89.9 Å². The average molecular weight is 606 g/mol. The minimum absolute atomic E-state index is 0.0628. The van der Waals surface area contributed by atoms with Crippen molar-refractivity contribution in [3.05, 3.63) is 118 Å². The van der Waals surface area contributed by atoms with Crippen LogP contribution in [0.15, 0.2) is 24.3 Å². The van der Waals surface area contributed by atoms with E-state index in [1.165, 1.54) is 36.0 Å². The maximum Gasteiger partial charge on any atom is 0.288 e. The van der Waals surface area contributed by atoms with Crippen LogP contribution in [0.3, 0.4) is 0 Å². The topological polar surface area (TPSA) is 137 Å². The third kappa shape index (κ3) is 5.04. The smallest absolute Gasteiger partial charge is 0.288 e. The number of nitro groups is 2. The van der Waals surface area contributed by atoms with Gasteiger partial charge in [0.15, 0.2) is 17.3 Å². The van der Waals surface area contributed by atoms with Gasteiger partial charge in [-0.15, -0.1) is 0 Å². The Bertz CT molecular complexity index is 1850. The van der Waals surface area contributed by atoms with E-state index in [0.717, 1.165) is 71.9 Å². The molecule has 0 unspecified atom stereocenters. The number of aryl methyl sites for hydroxylation is 5. The van der Waals surface area contributed by atoms with E-state index in [2.05, 4.69) is 12.1 Å². The van der Waals surface area contributed by atoms with Crippen molar-refractivity contribution in [1.82, 2.24) is 0 Å². The molecule has 0 heterocycles. The van der Waals surface area contributed by atoms with Gasteiger partial charge in [0.25, 0.3) is 11.4 Å². The lowest BCUT2D eigenvalue weighted by Crippen LogP contribution is -2.04. The molecule has 0 spiro atoms. The molecular weight excluding hydrogens is 572 g/mol. The van der Waals surface area contributed by atoms with Crippen molar-refractivity contribution in [2.24, 2.45) is 0 Å². The van der Waals surface area contributed by atoms with Crippen molar-refractivity contribution >= 4 is 28.7 Å². The minimum atomic E-state index is -0.389. The summed E-state index contributed by atoms with van der Waals surface area (Å²) in [6, 6.07) is 8.28. The summed E-state index contributed by atoms with van der Waals surface area (Å²) in [5, 5.41) is 22.2. The summed E-state index contributed by atoms with van der Waals surface area (Å²) in [5.74, 6) is 0.342. The Hall–Kier alpha value is -4.66. The number of hydrogen-bond donors (Lipinski definition) is 0. The van der Waals surface area contributed by atoms with E-state index in [1.54, 1.807) is 0 Å². The second-order valence-corrected chi connectivity index (χ2v) is 12.8. The summed E-state index contributed by atoms with van der Waals surface area (Å²) in [6.45, 7) is 0. The van der Waals surface area contributed by atoms with Crippen molar-refractivity contribution in [2.75, 3.05) is 0 Å². The van der Waals surface area contributed by atoms with Gasteiger partial charge in [-0.2, -0.15) is 0 Å². The molecule has 0 aliphatic heterocycles. The van der Waals surface area contributed by atoms with Crippen LogP contribution in [0.2, 0.25) is 0 Å². The first kappa shape index (κ1) is 29.1. The molecule has 9 heteroatoms. The normalized spacial score (nSPS) is 17.6. The number of carbonyl (C=O) groups excluding carboxylic acids is 3. The molecule has 0 saturated carbocycles. The Labute approximate surface area is 260 Å². The Balaban J connectivity index is 0.000000109. The lowest BCUT2D eigenvalue weighted by Gasteiger charge is -2.06. The Kier molecular flexibility index (Phi) is 7.34. The first-order valence-corrected chi connectivity index (χ1v) is 15.9. The van der Waals surface area contributed by atoms with Crippen LogP contribution in [-0.4, -0.2) is 27.2 Å². The van der Waals surface area contributed by atoms with Crippen LogP contribution < -0.4 is 0 Å². The van der Waals surface area contributed by atoms with Gasteiger partial charge in [-0.05, 0) is 104 Å². The second-order valence-electron chi connectivity index (χ2n) is 12.8. The molecule has 228 valence electrons. The largest absolute Gasteiger partial charge is 0.294 e. The zero-order valence-corrected chi connectivity index (χ0v) is 25.0. The number of Topliss-reactive ketones (excluding diaryl/α,β-unsaturated/α-hetero) is 3. The van der Waals surface area contributed by atoms with Gasteiger partial charge in [-0.25, -0.2) is 0 Å². The van der Waals surface area contributed by atoms with Gasteiger partial charge in [-0.3, -0.25) is 34.6 Å². The summed E-state index contributed by atoms with van der Waals surface area (Å²) in [7, 11) is 0. The minimum Gasteiger partial charge on any atom is -0.294 e. The Morgan fingerprint density at radius 3 is 1.87 bits per heavy atom. The third-order valence-corrected chi connectivity index (χ3v) is 10.2. The number of nitro benzene ring substituents is 2. The highest BCUT2D eigenvalue weighted by Crippen LogP contribution is 2.41. The molecular formula is C36H33N2O7+. The molecule has 3 aromatic carbocycles. The van der Waals surface area contributed by atoms with E-state index in [1.807, 2.05) is 18.6 Å². The first-order valence-electron chi connectivity index (χ1n) is 15.9. The Morgan fingerprint density at radius 1 is 0.489 bits per heavy atom. The van der Waals surface area contributed by atoms with Crippen LogP contribution in [0.5, 0.6) is 0 Å². The highest BCUT2D eigenvalue weighted by atomic mass is 16.6. The van der Waals surface area contributed by atoms with Gasteiger partial charge in [0.1, 0.15) is 12.8 Å². The average Bonchev–Trinajstić information content (AvgIpc) is 3.87. The number of benzene rings is 3. The van der Waals surface area contributed by atoms with Crippen LogP contribution in [0.4, 0.5) is 11.4 Å². The van der Waals surface area contributed by atoms with Gasteiger partial charge < -0.3 is 0 Å².